The second-order valence-corrected chi connectivity index (χ2v) is 7.21. The van der Waals surface area contributed by atoms with Crippen LogP contribution in [0.15, 0.2) is 48.5 Å². The number of carbonyl (C=O) groups excluding carboxylic acids is 2. The number of carbonyl (C=O) groups is 2. The van der Waals surface area contributed by atoms with Gasteiger partial charge in [0.15, 0.2) is 0 Å². The smallest absolute Gasteiger partial charge is 0.253 e. The van der Waals surface area contributed by atoms with Gasteiger partial charge < -0.3 is 20.3 Å². The van der Waals surface area contributed by atoms with Gasteiger partial charge in [-0.2, -0.15) is 0 Å². The molecule has 6 nitrogen and oxygen atoms in total. The van der Waals surface area contributed by atoms with Gasteiger partial charge in [0.1, 0.15) is 5.75 Å². The molecule has 0 spiro atoms. The van der Waals surface area contributed by atoms with Crippen molar-refractivity contribution in [3.63, 3.8) is 0 Å². The highest BCUT2D eigenvalue weighted by atomic mass is 16.5. The van der Waals surface area contributed by atoms with Gasteiger partial charge in [0.25, 0.3) is 5.91 Å². The first kappa shape index (κ1) is 20.7. The predicted octanol–water partition coefficient (Wildman–Crippen LogP) is 4.15. The van der Waals surface area contributed by atoms with Gasteiger partial charge in [-0.3, -0.25) is 9.59 Å². The average Bonchev–Trinajstić information content (AvgIpc) is 2.77. The molecule has 0 aliphatic carbocycles. The second-order valence-electron chi connectivity index (χ2n) is 7.21. The zero-order valence-electron chi connectivity index (χ0n) is 16.9. The van der Waals surface area contributed by atoms with Crippen LogP contribution in [0.4, 0.5) is 11.4 Å². The SMILES string of the molecule is CCCOc1cccc(NCC(=O)Nc2ccc(C(=O)N3CCCCC3)cc2)c1. The molecule has 0 atom stereocenters. The third kappa shape index (κ3) is 6.24. The van der Waals surface area contributed by atoms with Crippen molar-refractivity contribution in [2.24, 2.45) is 0 Å². The van der Waals surface area contributed by atoms with Gasteiger partial charge in [0.05, 0.1) is 13.2 Å². The Morgan fingerprint density at radius 3 is 2.48 bits per heavy atom. The van der Waals surface area contributed by atoms with Crippen molar-refractivity contribution in [1.29, 1.82) is 0 Å². The van der Waals surface area contributed by atoms with Crippen LogP contribution in [0.2, 0.25) is 0 Å². The first-order chi connectivity index (χ1) is 14.2. The zero-order valence-corrected chi connectivity index (χ0v) is 16.9. The van der Waals surface area contributed by atoms with Crippen LogP contribution in [0.3, 0.4) is 0 Å². The lowest BCUT2D eigenvalue weighted by Gasteiger charge is -2.26. The number of anilines is 2. The molecule has 1 aliphatic heterocycles. The van der Waals surface area contributed by atoms with Crippen molar-refractivity contribution in [1.82, 2.24) is 4.90 Å². The molecule has 3 rings (SSSR count). The largest absolute Gasteiger partial charge is 0.494 e. The maximum Gasteiger partial charge on any atom is 0.253 e. The van der Waals surface area contributed by atoms with Gasteiger partial charge in [-0.25, -0.2) is 0 Å². The third-order valence-electron chi connectivity index (χ3n) is 4.82. The van der Waals surface area contributed by atoms with Crippen LogP contribution in [0, 0.1) is 0 Å². The molecule has 2 aromatic carbocycles. The molecule has 0 saturated carbocycles. The highest BCUT2D eigenvalue weighted by Crippen LogP contribution is 2.18. The lowest BCUT2D eigenvalue weighted by Crippen LogP contribution is -2.35. The van der Waals surface area contributed by atoms with Crippen molar-refractivity contribution >= 4 is 23.2 Å². The average molecular weight is 396 g/mol. The van der Waals surface area contributed by atoms with Gasteiger partial charge in [-0.15, -0.1) is 0 Å². The molecule has 0 aromatic heterocycles. The van der Waals surface area contributed by atoms with E-state index in [1.807, 2.05) is 29.2 Å². The molecule has 1 saturated heterocycles. The molecular weight excluding hydrogens is 366 g/mol. The van der Waals surface area contributed by atoms with Gasteiger partial charge in [0, 0.05) is 36.1 Å². The zero-order chi connectivity index (χ0) is 20.5. The van der Waals surface area contributed by atoms with Crippen LogP contribution in [0.1, 0.15) is 43.0 Å². The van der Waals surface area contributed by atoms with Crippen LogP contribution in [0.25, 0.3) is 0 Å². The first-order valence-electron chi connectivity index (χ1n) is 10.3. The standard InChI is InChI=1S/C23H29N3O3/c1-2-15-29-21-8-6-7-20(16-21)24-17-22(27)25-19-11-9-18(10-12-19)23(28)26-13-4-3-5-14-26/h6-12,16,24H,2-5,13-15,17H2,1H3,(H,25,27). The molecule has 29 heavy (non-hydrogen) atoms. The molecule has 154 valence electrons. The molecule has 2 N–H and O–H groups in total. The summed E-state index contributed by atoms with van der Waals surface area (Å²) in [6.07, 6.45) is 4.28. The number of hydrogen-bond acceptors (Lipinski definition) is 4. The van der Waals surface area contributed by atoms with Crippen molar-refractivity contribution < 1.29 is 14.3 Å². The fraction of sp³-hybridized carbons (Fsp3) is 0.391. The van der Waals surface area contributed by atoms with E-state index >= 15 is 0 Å². The summed E-state index contributed by atoms with van der Waals surface area (Å²) in [5.74, 6) is 0.695. The number of benzene rings is 2. The first-order valence-corrected chi connectivity index (χ1v) is 10.3. The van der Waals surface area contributed by atoms with Crippen molar-refractivity contribution in [3.8, 4) is 5.75 Å². The van der Waals surface area contributed by atoms with E-state index in [1.54, 1.807) is 24.3 Å². The minimum atomic E-state index is -0.153. The summed E-state index contributed by atoms with van der Waals surface area (Å²) in [4.78, 5) is 26.6. The Bertz CT molecular complexity index is 814. The topological polar surface area (TPSA) is 70.7 Å². The highest BCUT2D eigenvalue weighted by molar-refractivity contribution is 5.96. The number of rotatable bonds is 8. The molecule has 0 unspecified atom stereocenters. The number of piperidine rings is 1. The molecule has 1 aliphatic rings. The Labute approximate surface area is 172 Å². The summed E-state index contributed by atoms with van der Waals surface area (Å²) in [6.45, 7) is 4.52. The molecule has 2 aromatic rings. The van der Waals surface area contributed by atoms with Gasteiger partial charge in [0.2, 0.25) is 5.91 Å². The number of likely N-dealkylation sites (tertiary alicyclic amines) is 1. The quantitative estimate of drug-likeness (QED) is 0.704. The van der Waals surface area contributed by atoms with E-state index in [9.17, 15) is 9.59 Å². The van der Waals surface area contributed by atoms with E-state index in [2.05, 4.69) is 17.6 Å². The maximum absolute atomic E-state index is 12.5. The summed E-state index contributed by atoms with van der Waals surface area (Å²) in [5, 5.41) is 5.95. The number of nitrogens with one attached hydrogen (secondary N) is 2. The molecule has 1 fully saturated rings. The van der Waals surface area contributed by atoms with Crippen LogP contribution in [0.5, 0.6) is 5.75 Å². The van der Waals surface area contributed by atoms with E-state index in [4.69, 9.17) is 4.74 Å². The highest BCUT2D eigenvalue weighted by Gasteiger charge is 2.17. The molecule has 0 radical (unpaired) electrons. The van der Waals surface area contributed by atoms with Gasteiger partial charge in [-0.1, -0.05) is 13.0 Å². The fourth-order valence-corrected chi connectivity index (χ4v) is 3.28. The van der Waals surface area contributed by atoms with E-state index in [-0.39, 0.29) is 18.4 Å². The van der Waals surface area contributed by atoms with E-state index in [0.717, 1.165) is 43.8 Å². The molecule has 2 amide bonds. The molecule has 6 heteroatoms. The monoisotopic (exact) mass is 395 g/mol. The van der Waals surface area contributed by atoms with Crippen molar-refractivity contribution in [2.75, 3.05) is 36.9 Å². The summed E-state index contributed by atoms with van der Waals surface area (Å²) in [7, 11) is 0. The maximum atomic E-state index is 12.5. The number of amides is 2. The molecule has 0 bridgehead atoms. The predicted molar refractivity (Wildman–Crippen MR) is 116 cm³/mol. The van der Waals surface area contributed by atoms with Crippen molar-refractivity contribution in [3.05, 3.63) is 54.1 Å². The van der Waals surface area contributed by atoms with Crippen molar-refractivity contribution in [2.45, 2.75) is 32.6 Å². The van der Waals surface area contributed by atoms with Crippen LogP contribution >= 0.6 is 0 Å². The van der Waals surface area contributed by atoms with E-state index in [0.29, 0.717) is 17.9 Å². The summed E-state index contributed by atoms with van der Waals surface area (Å²) in [5.41, 5.74) is 2.16. The number of hydrogen-bond donors (Lipinski definition) is 2. The van der Waals surface area contributed by atoms with Crippen LogP contribution in [-0.2, 0) is 4.79 Å². The Morgan fingerprint density at radius 1 is 1.00 bits per heavy atom. The molecular formula is C23H29N3O3. The lowest BCUT2D eigenvalue weighted by molar-refractivity contribution is -0.114. The third-order valence-corrected chi connectivity index (χ3v) is 4.82. The molecule has 1 heterocycles. The summed E-state index contributed by atoms with van der Waals surface area (Å²) in [6, 6.07) is 14.7. The Balaban J connectivity index is 1.48. The Hall–Kier alpha value is -3.02. The van der Waals surface area contributed by atoms with Gasteiger partial charge >= 0.3 is 0 Å². The van der Waals surface area contributed by atoms with Gasteiger partial charge in [-0.05, 0) is 62.1 Å². The lowest BCUT2D eigenvalue weighted by atomic mass is 10.1. The minimum Gasteiger partial charge on any atom is -0.494 e. The van der Waals surface area contributed by atoms with Crippen LogP contribution < -0.4 is 15.4 Å². The van der Waals surface area contributed by atoms with Crippen LogP contribution in [-0.4, -0.2) is 43.0 Å². The minimum absolute atomic E-state index is 0.0643. The summed E-state index contributed by atoms with van der Waals surface area (Å²) >= 11 is 0. The van der Waals surface area contributed by atoms with E-state index < -0.39 is 0 Å². The Kier molecular flexibility index (Phi) is 7.50. The normalized spacial score (nSPS) is 13.6. The van der Waals surface area contributed by atoms with E-state index in [1.165, 1.54) is 6.42 Å². The second kappa shape index (κ2) is 10.5. The Morgan fingerprint density at radius 2 is 1.76 bits per heavy atom. The summed E-state index contributed by atoms with van der Waals surface area (Å²) < 4.78 is 5.60. The number of nitrogens with zero attached hydrogens (tertiary/aromatic N) is 1. The fourth-order valence-electron chi connectivity index (χ4n) is 3.28. The number of ether oxygens (including phenoxy) is 1.